The zero-order valence-corrected chi connectivity index (χ0v) is 22.9. The second kappa shape index (κ2) is 10.7. The molecule has 9 heteroatoms. The smallest absolute Gasteiger partial charge is 0.338 e. The molecule has 0 atom stereocenters. The van der Waals surface area contributed by atoms with E-state index in [2.05, 4.69) is 6.92 Å². The highest BCUT2D eigenvalue weighted by Gasteiger charge is 2.25. The van der Waals surface area contributed by atoms with E-state index in [1.807, 2.05) is 37.3 Å². The van der Waals surface area contributed by atoms with Gasteiger partial charge in [0.05, 0.1) is 44.1 Å². The van der Waals surface area contributed by atoms with Gasteiger partial charge in [-0.3, -0.25) is 18.7 Å². The molecule has 3 aromatic carbocycles. The van der Waals surface area contributed by atoms with Gasteiger partial charge >= 0.3 is 5.97 Å². The van der Waals surface area contributed by atoms with E-state index < -0.39 is 11.9 Å². The monoisotopic (exact) mass is 561 g/mol. The van der Waals surface area contributed by atoms with Crippen molar-refractivity contribution >= 4 is 56.9 Å². The number of halogens is 2. The first kappa shape index (κ1) is 26.7. The molecule has 7 nitrogen and oxygen atoms in total. The Hall–Kier alpha value is -3.94. The second-order valence-corrected chi connectivity index (χ2v) is 10.3. The van der Waals surface area contributed by atoms with Crippen LogP contribution in [0.25, 0.3) is 21.8 Å². The lowest BCUT2D eigenvalue weighted by atomic mass is 10.1. The molecule has 198 valence electrons. The summed E-state index contributed by atoms with van der Waals surface area (Å²) in [7, 11) is 0. The predicted octanol–water partition coefficient (Wildman–Crippen LogP) is 6.74. The van der Waals surface area contributed by atoms with E-state index in [1.54, 1.807) is 22.9 Å². The van der Waals surface area contributed by atoms with Crippen LogP contribution in [0.5, 0.6) is 0 Å². The lowest BCUT2D eigenvalue weighted by molar-refractivity contribution is 0.0691. The van der Waals surface area contributed by atoms with Crippen molar-refractivity contribution in [3.05, 3.63) is 109 Å². The molecule has 0 aliphatic carbocycles. The van der Waals surface area contributed by atoms with Gasteiger partial charge in [0.1, 0.15) is 5.82 Å². The summed E-state index contributed by atoms with van der Waals surface area (Å²) in [6, 6.07) is 15.8. The van der Waals surface area contributed by atoms with Gasteiger partial charge in [-0.05, 0) is 61.4 Å². The quantitative estimate of drug-likeness (QED) is 0.237. The molecule has 2 aromatic heterocycles. The van der Waals surface area contributed by atoms with Gasteiger partial charge in [-0.1, -0.05) is 54.2 Å². The van der Waals surface area contributed by atoms with E-state index in [0.717, 1.165) is 35.2 Å². The second-order valence-electron chi connectivity index (χ2n) is 9.51. The van der Waals surface area contributed by atoms with E-state index in [9.17, 15) is 19.5 Å². The molecule has 0 saturated carbocycles. The van der Waals surface area contributed by atoms with Crippen LogP contribution >= 0.6 is 23.2 Å². The number of unbranched alkanes of at least 4 members (excludes halogenated alkanes) is 1. The Balaban J connectivity index is 1.56. The number of aromatic carboxylic acids is 1. The highest BCUT2D eigenvalue weighted by Crippen LogP contribution is 2.30. The minimum absolute atomic E-state index is 0.00158. The summed E-state index contributed by atoms with van der Waals surface area (Å²) in [5.41, 5.74) is 2.52. The van der Waals surface area contributed by atoms with Gasteiger partial charge in [0.25, 0.3) is 11.5 Å². The average Bonchev–Trinajstić information content (AvgIpc) is 3.33. The summed E-state index contributed by atoms with van der Waals surface area (Å²) in [5, 5.41) is 10.9. The summed E-state index contributed by atoms with van der Waals surface area (Å²) < 4.78 is 3.08. The van der Waals surface area contributed by atoms with E-state index in [0.29, 0.717) is 29.4 Å². The molecule has 0 fully saturated rings. The van der Waals surface area contributed by atoms with Gasteiger partial charge in [0.2, 0.25) is 0 Å². The number of nitrogens with zero attached hydrogens (tertiary/aromatic N) is 3. The fraction of sp³-hybridized carbons (Fsp3) is 0.200. The van der Waals surface area contributed by atoms with Crippen molar-refractivity contribution in [1.29, 1.82) is 0 Å². The molecule has 2 heterocycles. The molecule has 0 radical (unpaired) electrons. The number of hydrogen-bond donors (Lipinski definition) is 1. The van der Waals surface area contributed by atoms with Crippen molar-refractivity contribution in [2.45, 2.75) is 39.7 Å². The van der Waals surface area contributed by atoms with E-state index >= 15 is 0 Å². The number of carbonyl (C=O) groups excluding carboxylic acids is 1. The van der Waals surface area contributed by atoms with Crippen molar-refractivity contribution in [3.8, 4) is 0 Å². The van der Waals surface area contributed by atoms with E-state index in [1.165, 1.54) is 16.7 Å². The van der Waals surface area contributed by atoms with Crippen molar-refractivity contribution in [2.24, 2.45) is 0 Å². The Kier molecular flexibility index (Phi) is 7.30. The van der Waals surface area contributed by atoms with Crippen LogP contribution in [0.4, 0.5) is 0 Å². The maximum absolute atomic E-state index is 13.5. The Morgan fingerprint density at radius 1 is 0.974 bits per heavy atom. The number of aromatic nitrogens is 3. The Labute approximate surface area is 234 Å². The number of rotatable bonds is 7. The first-order valence-electron chi connectivity index (χ1n) is 12.6. The van der Waals surface area contributed by atoms with Gasteiger partial charge in [0.15, 0.2) is 0 Å². The number of fused-ring (bicyclic) bond motifs is 2. The standard InChI is InChI=1S/C30H25Cl2N3O4/c1-3-4-5-25-33-23-10-6-17(2)14-20(23)28(36)35(25)16-18-7-11-24-19(15-18)12-13-34(24)29(37)26-21(31)8-9-22(32)27(26)30(38)39/h6-15H,3-5,16H2,1-2H3,(H,38,39). The zero-order chi connectivity index (χ0) is 27.8. The van der Waals surface area contributed by atoms with Crippen LogP contribution in [0.3, 0.4) is 0 Å². The largest absolute Gasteiger partial charge is 0.478 e. The highest BCUT2D eigenvalue weighted by atomic mass is 35.5. The minimum atomic E-state index is -1.34. The number of carbonyl (C=O) groups is 2. The summed E-state index contributed by atoms with van der Waals surface area (Å²) in [4.78, 5) is 43.6. The summed E-state index contributed by atoms with van der Waals surface area (Å²) in [6.45, 7) is 4.37. The van der Waals surface area contributed by atoms with E-state index in [-0.39, 0.29) is 26.7 Å². The Morgan fingerprint density at radius 2 is 1.72 bits per heavy atom. The molecule has 0 aliphatic rings. The van der Waals surface area contributed by atoms with E-state index in [4.69, 9.17) is 28.2 Å². The lowest BCUT2D eigenvalue weighted by Crippen LogP contribution is -2.26. The first-order chi connectivity index (χ1) is 18.7. The number of carboxylic acids is 1. The zero-order valence-electron chi connectivity index (χ0n) is 21.4. The molecule has 5 aromatic rings. The number of carboxylic acid groups (broad SMARTS) is 1. The normalized spacial score (nSPS) is 11.4. The fourth-order valence-corrected chi connectivity index (χ4v) is 5.29. The molecule has 5 rings (SSSR count). The van der Waals surface area contributed by atoms with Crippen molar-refractivity contribution in [1.82, 2.24) is 14.1 Å². The average molecular weight is 562 g/mol. The molecule has 0 amide bonds. The number of benzene rings is 3. The Bertz CT molecular complexity index is 1840. The topological polar surface area (TPSA) is 94.2 Å². The molecular weight excluding hydrogens is 537 g/mol. The molecular formula is C30H25Cl2N3O4. The predicted molar refractivity (Wildman–Crippen MR) is 154 cm³/mol. The highest BCUT2D eigenvalue weighted by molar-refractivity contribution is 6.38. The van der Waals surface area contributed by atoms with Crippen molar-refractivity contribution in [2.75, 3.05) is 0 Å². The lowest BCUT2D eigenvalue weighted by Gasteiger charge is -2.14. The van der Waals surface area contributed by atoms with Gasteiger partial charge in [-0.15, -0.1) is 0 Å². The molecule has 0 saturated heterocycles. The minimum Gasteiger partial charge on any atom is -0.478 e. The molecule has 0 aliphatic heterocycles. The third-order valence-corrected chi connectivity index (χ3v) is 7.42. The van der Waals surface area contributed by atoms with Gasteiger partial charge in [-0.25, -0.2) is 9.78 Å². The van der Waals surface area contributed by atoms with Gasteiger partial charge < -0.3 is 5.11 Å². The summed E-state index contributed by atoms with van der Waals surface area (Å²) in [5.74, 6) is -1.20. The third-order valence-electron chi connectivity index (χ3n) is 6.79. The molecule has 1 N–H and O–H groups in total. The summed E-state index contributed by atoms with van der Waals surface area (Å²) in [6.07, 6.45) is 4.15. The molecule has 0 spiro atoms. The van der Waals surface area contributed by atoms with Crippen LogP contribution in [0.15, 0.2) is 65.6 Å². The fourth-order valence-electron chi connectivity index (χ4n) is 4.81. The molecule has 39 heavy (non-hydrogen) atoms. The molecule has 0 unspecified atom stereocenters. The van der Waals surface area contributed by atoms with Crippen LogP contribution in [-0.2, 0) is 13.0 Å². The first-order valence-corrected chi connectivity index (χ1v) is 13.3. The maximum Gasteiger partial charge on any atom is 0.338 e. The van der Waals surface area contributed by atoms with Crippen LogP contribution in [-0.4, -0.2) is 31.1 Å². The summed E-state index contributed by atoms with van der Waals surface area (Å²) >= 11 is 12.3. The number of aryl methyl sites for hydroxylation is 2. The van der Waals surface area contributed by atoms with Gasteiger partial charge in [0, 0.05) is 18.0 Å². The van der Waals surface area contributed by atoms with Gasteiger partial charge in [-0.2, -0.15) is 0 Å². The third kappa shape index (κ3) is 4.95. The SMILES string of the molecule is CCCCc1nc2ccc(C)cc2c(=O)n1Cc1ccc2c(ccn2C(=O)c2c(Cl)ccc(Cl)c2C(=O)O)c1. The van der Waals surface area contributed by atoms with Crippen LogP contribution in [0.2, 0.25) is 10.0 Å². The van der Waals surface area contributed by atoms with Crippen LogP contribution in [0, 0.1) is 6.92 Å². The van der Waals surface area contributed by atoms with Crippen molar-refractivity contribution in [3.63, 3.8) is 0 Å². The maximum atomic E-state index is 13.5. The molecule has 0 bridgehead atoms. The Morgan fingerprint density at radius 3 is 2.44 bits per heavy atom. The number of hydrogen-bond acceptors (Lipinski definition) is 4. The van der Waals surface area contributed by atoms with Crippen LogP contribution in [0.1, 0.15) is 57.4 Å². The van der Waals surface area contributed by atoms with Crippen molar-refractivity contribution < 1.29 is 14.7 Å². The van der Waals surface area contributed by atoms with Crippen LogP contribution < -0.4 is 5.56 Å².